The van der Waals surface area contributed by atoms with Crippen molar-refractivity contribution in [1.82, 2.24) is 15.0 Å². The first-order chi connectivity index (χ1) is 14.6. The Labute approximate surface area is 176 Å². The fraction of sp³-hybridized carbons (Fsp3) is 0.348. The molecule has 0 amide bonds. The van der Waals surface area contributed by atoms with E-state index >= 15 is 0 Å². The number of piperazine rings is 1. The van der Waals surface area contributed by atoms with Gasteiger partial charge in [0, 0.05) is 49.8 Å². The number of anilines is 2. The Kier molecular flexibility index (Phi) is 5.97. The third kappa shape index (κ3) is 4.62. The Morgan fingerprint density at radius 2 is 1.80 bits per heavy atom. The molecule has 1 aliphatic rings. The van der Waals surface area contributed by atoms with Gasteiger partial charge in [-0.1, -0.05) is 25.5 Å². The second kappa shape index (κ2) is 8.98. The van der Waals surface area contributed by atoms with E-state index in [2.05, 4.69) is 43.8 Å². The van der Waals surface area contributed by atoms with Gasteiger partial charge in [0.25, 0.3) is 0 Å². The summed E-state index contributed by atoms with van der Waals surface area (Å²) in [6.45, 7) is 5.74. The molecule has 3 heterocycles. The van der Waals surface area contributed by atoms with Crippen molar-refractivity contribution < 1.29 is 9.90 Å². The van der Waals surface area contributed by atoms with Gasteiger partial charge in [-0.3, -0.25) is 4.79 Å². The summed E-state index contributed by atoms with van der Waals surface area (Å²) in [5.41, 5.74) is 4.05. The van der Waals surface area contributed by atoms with Gasteiger partial charge in [-0.05, 0) is 36.2 Å². The molecule has 0 saturated carbocycles. The normalized spacial score (nSPS) is 14.2. The Bertz CT molecular complexity index is 974. The summed E-state index contributed by atoms with van der Waals surface area (Å²) in [6, 6.07) is 12.0. The summed E-state index contributed by atoms with van der Waals surface area (Å²) in [7, 11) is 0. The smallest absolute Gasteiger partial charge is 0.307 e. The van der Waals surface area contributed by atoms with E-state index in [1.807, 2.05) is 36.7 Å². The summed E-state index contributed by atoms with van der Waals surface area (Å²) in [4.78, 5) is 28.0. The van der Waals surface area contributed by atoms with E-state index in [9.17, 15) is 4.79 Å². The molecule has 0 unspecified atom stereocenters. The van der Waals surface area contributed by atoms with Crippen molar-refractivity contribution in [1.29, 1.82) is 0 Å². The van der Waals surface area contributed by atoms with Gasteiger partial charge in [-0.2, -0.15) is 0 Å². The molecule has 4 rings (SSSR count). The molecule has 7 heteroatoms. The van der Waals surface area contributed by atoms with Gasteiger partial charge in [0.15, 0.2) is 0 Å². The van der Waals surface area contributed by atoms with Crippen LogP contribution in [0, 0.1) is 0 Å². The molecule has 1 aromatic carbocycles. The highest BCUT2D eigenvalue weighted by atomic mass is 16.4. The van der Waals surface area contributed by atoms with Crippen LogP contribution in [0.1, 0.15) is 24.6 Å². The van der Waals surface area contributed by atoms with E-state index < -0.39 is 5.97 Å². The summed E-state index contributed by atoms with van der Waals surface area (Å²) in [5.74, 6) is 1.05. The summed E-state index contributed by atoms with van der Waals surface area (Å²) < 4.78 is 0. The topological polar surface area (TPSA) is 85.4 Å². The molecule has 0 bridgehead atoms. The minimum atomic E-state index is -0.802. The summed E-state index contributed by atoms with van der Waals surface area (Å²) >= 11 is 0. The second-order valence-corrected chi connectivity index (χ2v) is 7.61. The van der Waals surface area contributed by atoms with E-state index in [0.717, 1.165) is 73.2 Å². The van der Waals surface area contributed by atoms with Gasteiger partial charge in [-0.15, -0.1) is 0 Å². The number of nitrogens with one attached hydrogen (secondary N) is 1. The zero-order valence-corrected chi connectivity index (χ0v) is 17.2. The van der Waals surface area contributed by atoms with Crippen molar-refractivity contribution in [3.8, 4) is 11.4 Å². The lowest BCUT2D eigenvalue weighted by molar-refractivity contribution is -0.136. The van der Waals surface area contributed by atoms with Crippen molar-refractivity contribution in [3.05, 3.63) is 60.0 Å². The van der Waals surface area contributed by atoms with Crippen LogP contribution in [-0.4, -0.2) is 52.2 Å². The first-order valence-electron chi connectivity index (χ1n) is 10.4. The minimum Gasteiger partial charge on any atom is -0.481 e. The number of hydrogen-bond acceptors (Lipinski definition) is 5. The molecule has 2 aromatic heterocycles. The molecule has 7 nitrogen and oxygen atoms in total. The van der Waals surface area contributed by atoms with Crippen molar-refractivity contribution in [2.45, 2.75) is 26.2 Å². The van der Waals surface area contributed by atoms with Gasteiger partial charge in [0.1, 0.15) is 11.6 Å². The Balaban J connectivity index is 1.35. The molecule has 1 saturated heterocycles. The Hall–Kier alpha value is -3.35. The third-order valence-electron chi connectivity index (χ3n) is 5.42. The van der Waals surface area contributed by atoms with Gasteiger partial charge in [0.2, 0.25) is 0 Å². The van der Waals surface area contributed by atoms with Crippen molar-refractivity contribution in [2.75, 3.05) is 36.0 Å². The predicted molar refractivity (Wildman–Crippen MR) is 118 cm³/mol. The number of imidazole rings is 1. The minimum absolute atomic E-state index is 0.0631. The number of aromatic amines is 1. The molecule has 0 spiro atoms. The van der Waals surface area contributed by atoms with Gasteiger partial charge >= 0.3 is 5.97 Å². The molecule has 0 radical (unpaired) electrons. The lowest BCUT2D eigenvalue weighted by atomic mass is 10.1. The maximum absolute atomic E-state index is 10.8. The average Bonchev–Trinajstić information content (AvgIpc) is 3.23. The number of nitrogens with zero attached hydrogens (tertiary/aromatic N) is 4. The van der Waals surface area contributed by atoms with Crippen LogP contribution in [0.25, 0.3) is 11.4 Å². The molecule has 2 N–H and O–H groups in total. The van der Waals surface area contributed by atoms with Gasteiger partial charge < -0.3 is 19.9 Å². The van der Waals surface area contributed by atoms with Crippen LogP contribution in [0.3, 0.4) is 0 Å². The first-order valence-corrected chi connectivity index (χ1v) is 10.4. The summed E-state index contributed by atoms with van der Waals surface area (Å²) in [6.07, 6.45) is 5.99. The van der Waals surface area contributed by atoms with Gasteiger partial charge in [-0.25, -0.2) is 9.97 Å². The number of aryl methyl sites for hydroxylation is 1. The number of pyridine rings is 1. The highest BCUT2D eigenvalue weighted by Gasteiger charge is 2.18. The number of aromatic nitrogens is 3. The standard InChI is InChI=1S/C23H27N5O2/c1-2-3-19-16-25-23(26-19)18-6-9-21(24-15-18)28-12-10-27(11-13-28)20-7-4-17(5-8-20)14-22(29)30/h4-9,15-16H,2-3,10-14H2,1H3,(H,25,26)(H,29,30). The van der Waals surface area contributed by atoms with Crippen LogP contribution in [0.15, 0.2) is 48.8 Å². The number of carboxylic acids is 1. The molecule has 156 valence electrons. The Morgan fingerprint density at radius 3 is 2.43 bits per heavy atom. The van der Waals surface area contributed by atoms with Crippen LogP contribution in [-0.2, 0) is 17.6 Å². The molecular formula is C23H27N5O2. The molecule has 1 aliphatic heterocycles. The molecule has 0 atom stereocenters. The first kappa shape index (κ1) is 19.9. The molecular weight excluding hydrogens is 378 g/mol. The van der Waals surface area contributed by atoms with E-state index in [1.54, 1.807) is 0 Å². The van der Waals surface area contributed by atoms with Gasteiger partial charge in [0.05, 0.1) is 12.1 Å². The number of carboxylic acid groups (broad SMARTS) is 1. The number of hydrogen-bond donors (Lipinski definition) is 2. The average molecular weight is 406 g/mol. The SMILES string of the molecule is CCCc1c[nH]c(-c2ccc(N3CCN(c4ccc(CC(=O)O)cc4)CC3)nc2)n1. The highest BCUT2D eigenvalue weighted by molar-refractivity contribution is 5.70. The van der Waals surface area contributed by atoms with Crippen molar-refractivity contribution in [3.63, 3.8) is 0 Å². The maximum Gasteiger partial charge on any atom is 0.307 e. The third-order valence-corrected chi connectivity index (χ3v) is 5.42. The lowest BCUT2D eigenvalue weighted by Gasteiger charge is -2.36. The molecule has 30 heavy (non-hydrogen) atoms. The quantitative estimate of drug-likeness (QED) is 0.627. The van der Waals surface area contributed by atoms with Crippen molar-refractivity contribution >= 4 is 17.5 Å². The van der Waals surface area contributed by atoms with Crippen molar-refractivity contribution in [2.24, 2.45) is 0 Å². The van der Waals surface area contributed by atoms with Crippen LogP contribution in [0.5, 0.6) is 0 Å². The molecule has 1 fully saturated rings. The van der Waals surface area contributed by atoms with Crippen LogP contribution < -0.4 is 9.80 Å². The number of H-pyrrole nitrogens is 1. The number of carbonyl (C=O) groups is 1. The van der Waals surface area contributed by atoms with Crippen LogP contribution >= 0.6 is 0 Å². The zero-order valence-electron chi connectivity index (χ0n) is 17.2. The van der Waals surface area contributed by atoms with E-state index in [0.29, 0.717) is 0 Å². The molecule has 3 aromatic rings. The highest BCUT2D eigenvalue weighted by Crippen LogP contribution is 2.22. The fourth-order valence-corrected chi connectivity index (χ4v) is 3.80. The summed E-state index contributed by atoms with van der Waals surface area (Å²) in [5, 5.41) is 8.90. The predicted octanol–water partition coefficient (Wildman–Crippen LogP) is 3.38. The molecule has 0 aliphatic carbocycles. The van der Waals surface area contributed by atoms with E-state index in [4.69, 9.17) is 5.11 Å². The van der Waals surface area contributed by atoms with E-state index in [-0.39, 0.29) is 6.42 Å². The monoisotopic (exact) mass is 405 g/mol. The van der Waals surface area contributed by atoms with Crippen LogP contribution in [0.4, 0.5) is 11.5 Å². The van der Waals surface area contributed by atoms with E-state index in [1.165, 1.54) is 0 Å². The maximum atomic E-state index is 10.8. The fourth-order valence-electron chi connectivity index (χ4n) is 3.80. The number of rotatable bonds is 7. The zero-order chi connectivity index (χ0) is 20.9. The lowest BCUT2D eigenvalue weighted by Crippen LogP contribution is -2.46. The number of benzene rings is 1. The number of aliphatic carboxylic acids is 1. The largest absolute Gasteiger partial charge is 0.481 e. The second-order valence-electron chi connectivity index (χ2n) is 7.61. The Morgan fingerprint density at radius 1 is 1.07 bits per heavy atom. The van der Waals surface area contributed by atoms with Crippen LogP contribution in [0.2, 0.25) is 0 Å².